The van der Waals surface area contributed by atoms with Crippen molar-refractivity contribution in [2.24, 2.45) is 0 Å². The summed E-state index contributed by atoms with van der Waals surface area (Å²) < 4.78 is 25.5. The highest BCUT2D eigenvalue weighted by atomic mass is 32.2. The number of nitrogens with one attached hydrogen (secondary N) is 2. The van der Waals surface area contributed by atoms with Crippen LogP contribution in [0.15, 0.2) is 54.6 Å². The molecule has 0 aromatic heterocycles. The standard InChI is InChI=1S/C18H23N3O3S/c1-19-25(23,24)14-17-10-6-9-16(11-17)12-20-18(22)21(2)13-15-7-4-3-5-8-15/h3-11,19H,12-14H2,1-2H3,(H,20,22). The van der Waals surface area contributed by atoms with Gasteiger partial charge in [-0.05, 0) is 23.7 Å². The van der Waals surface area contributed by atoms with Crippen molar-refractivity contribution < 1.29 is 13.2 Å². The lowest BCUT2D eigenvalue weighted by molar-refractivity contribution is 0.206. The number of urea groups is 1. The predicted octanol–water partition coefficient (Wildman–Crippen LogP) is 2.08. The van der Waals surface area contributed by atoms with E-state index in [1.165, 1.54) is 7.05 Å². The van der Waals surface area contributed by atoms with E-state index >= 15 is 0 Å². The molecule has 0 aliphatic carbocycles. The van der Waals surface area contributed by atoms with Crippen LogP contribution in [0.3, 0.4) is 0 Å². The fourth-order valence-electron chi connectivity index (χ4n) is 2.36. The quantitative estimate of drug-likeness (QED) is 0.792. The lowest BCUT2D eigenvalue weighted by Gasteiger charge is -2.18. The number of amides is 2. The molecule has 0 radical (unpaired) electrons. The molecular weight excluding hydrogens is 338 g/mol. The molecule has 0 saturated heterocycles. The lowest BCUT2D eigenvalue weighted by atomic mass is 10.1. The first kappa shape index (κ1) is 19.0. The molecule has 6 nitrogen and oxygen atoms in total. The van der Waals surface area contributed by atoms with Crippen LogP contribution < -0.4 is 10.0 Å². The van der Waals surface area contributed by atoms with Crippen LogP contribution in [0.25, 0.3) is 0 Å². The van der Waals surface area contributed by atoms with Gasteiger partial charge in [-0.15, -0.1) is 0 Å². The van der Waals surface area contributed by atoms with Gasteiger partial charge in [0.05, 0.1) is 5.75 Å². The molecule has 0 aliphatic heterocycles. The van der Waals surface area contributed by atoms with Crippen molar-refractivity contribution in [1.29, 1.82) is 0 Å². The second-order valence-corrected chi connectivity index (χ2v) is 7.71. The minimum absolute atomic E-state index is 0.0841. The third-order valence-corrected chi connectivity index (χ3v) is 5.05. The lowest BCUT2D eigenvalue weighted by Crippen LogP contribution is -2.36. The highest BCUT2D eigenvalue weighted by molar-refractivity contribution is 7.88. The monoisotopic (exact) mass is 361 g/mol. The molecule has 2 N–H and O–H groups in total. The number of rotatable bonds is 7. The van der Waals surface area contributed by atoms with E-state index in [0.717, 1.165) is 11.1 Å². The van der Waals surface area contributed by atoms with Crippen LogP contribution in [0.1, 0.15) is 16.7 Å². The Balaban J connectivity index is 1.91. The first-order chi connectivity index (χ1) is 11.9. The van der Waals surface area contributed by atoms with E-state index < -0.39 is 10.0 Å². The smallest absolute Gasteiger partial charge is 0.317 e. The molecule has 2 amide bonds. The molecule has 7 heteroatoms. The number of hydrogen-bond acceptors (Lipinski definition) is 3. The van der Waals surface area contributed by atoms with Crippen LogP contribution in [0.4, 0.5) is 4.79 Å². The van der Waals surface area contributed by atoms with Gasteiger partial charge in [-0.25, -0.2) is 17.9 Å². The SMILES string of the molecule is CNS(=O)(=O)Cc1cccc(CNC(=O)N(C)Cc2ccccc2)c1. The third kappa shape index (κ3) is 6.21. The molecule has 0 fully saturated rings. The largest absolute Gasteiger partial charge is 0.334 e. The molecule has 0 heterocycles. The van der Waals surface area contributed by atoms with E-state index in [1.54, 1.807) is 30.1 Å². The Morgan fingerprint density at radius 3 is 2.32 bits per heavy atom. The van der Waals surface area contributed by atoms with Crippen LogP contribution in [0.5, 0.6) is 0 Å². The van der Waals surface area contributed by atoms with E-state index in [-0.39, 0.29) is 11.8 Å². The normalized spacial score (nSPS) is 11.1. The van der Waals surface area contributed by atoms with Crippen molar-refractivity contribution in [3.05, 3.63) is 71.3 Å². The minimum Gasteiger partial charge on any atom is -0.334 e. The summed E-state index contributed by atoms with van der Waals surface area (Å²) in [5.74, 6) is -0.0841. The van der Waals surface area contributed by atoms with Crippen molar-refractivity contribution in [2.75, 3.05) is 14.1 Å². The summed E-state index contributed by atoms with van der Waals surface area (Å²) in [6.07, 6.45) is 0. The third-order valence-electron chi connectivity index (χ3n) is 3.71. The fourth-order valence-corrected chi connectivity index (χ4v) is 3.13. The van der Waals surface area contributed by atoms with E-state index in [2.05, 4.69) is 10.0 Å². The summed E-state index contributed by atoms with van der Waals surface area (Å²) in [7, 11) is -0.189. The van der Waals surface area contributed by atoms with Crippen LogP contribution in [-0.4, -0.2) is 33.4 Å². The molecule has 0 aliphatic rings. The first-order valence-corrected chi connectivity index (χ1v) is 9.57. The molecule has 0 atom stereocenters. The van der Waals surface area contributed by atoms with Crippen LogP contribution >= 0.6 is 0 Å². The molecule has 0 unspecified atom stereocenters. The highest BCUT2D eigenvalue weighted by Gasteiger charge is 2.11. The topological polar surface area (TPSA) is 78.5 Å². The molecular formula is C18H23N3O3S. The number of nitrogens with zero attached hydrogens (tertiary/aromatic N) is 1. The summed E-state index contributed by atoms with van der Waals surface area (Å²) in [6, 6.07) is 16.7. The van der Waals surface area contributed by atoms with Gasteiger partial charge in [0.15, 0.2) is 0 Å². The molecule has 2 rings (SSSR count). The van der Waals surface area contributed by atoms with E-state index in [4.69, 9.17) is 0 Å². The maximum Gasteiger partial charge on any atom is 0.317 e. The molecule has 0 spiro atoms. The molecule has 134 valence electrons. The van der Waals surface area contributed by atoms with Gasteiger partial charge < -0.3 is 10.2 Å². The van der Waals surface area contributed by atoms with Crippen LogP contribution in [0, 0.1) is 0 Å². The second-order valence-electron chi connectivity index (χ2n) is 5.78. The average molecular weight is 361 g/mol. The Hall–Kier alpha value is -2.38. The van der Waals surface area contributed by atoms with E-state index in [0.29, 0.717) is 18.7 Å². The van der Waals surface area contributed by atoms with Crippen LogP contribution in [0.2, 0.25) is 0 Å². The predicted molar refractivity (Wildman–Crippen MR) is 98.3 cm³/mol. The van der Waals surface area contributed by atoms with Gasteiger partial charge in [0.25, 0.3) is 0 Å². The number of benzene rings is 2. The number of sulfonamides is 1. The van der Waals surface area contributed by atoms with Gasteiger partial charge in [0.1, 0.15) is 0 Å². The average Bonchev–Trinajstić information content (AvgIpc) is 2.60. The van der Waals surface area contributed by atoms with Crippen molar-refractivity contribution in [2.45, 2.75) is 18.8 Å². The zero-order chi connectivity index (χ0) is 18.3. The maximum atomic E-state index is 12.2. The maximum absolute atomic E-state index is 12.2. The Morgan fingerprint density at radius 2 is 1.64 bits per heavy atom. The summed E-state index contributed by atoms with van der Waals surface area (Å²) in [6.45, 7) is 0.860. The van der Waals surface area contributed by atoms with E-state index in [1.807, 2.05) is 36.4 Å². The van der Waals surface area contributed by atoms with Crippen molar-refractivity contribution in [3.8, 4) is 0 Å². The first-order valence-electron chi connectivity index (χ1n) is 7.91. The minimum atomic E-state index is -3.31. The Morgan fingerprint density at radius 1 is 1.00 bits per heavy atom. The molecule has 0 bridgehead atoms. The summed E-state index contributed by atoms with van der Waals surface area (Å²) >= 11 is 0. The number of carbonyl (C=O) groups is 1. The Labute approximate surface area is 148 Å². The van der Waals surface area contributed by atoms with Gasteiger partial charge >= 0.3 is 6.03 Å². The Kier molecular flexibility index (Phi) is 6.55. The summed E-state index contributed by atoms with van der Waals surface area (Å²) in [5.41, 5.74) is 2.59. The van der Waals surface area contributed by atoms with Crippen molar-refractivity contribution in [1.82, 2.24) is 14.9 Å². The second kappa shape index (κ2) is 8.64. The van der Waals surface area contributed by atoms with Crippen molar-refractivity contribution >= 4 is 16.1 Å². The zero-order valence-corrected chi connectivity index (χ0v) is 15.2. The molecule has 2 aromatic rings. The summed E-state index contributed by atoms with van der Waals surface area (Å²) in [4.78, 5) is 13.8. The summed E-state index contributed by atoms with van der Waals surface area (Å²) in [5, 5.41) is 2.84. The van der Waals surface area contributed by atoms with Crippen LogP contribution in [-0.2, 0) is 28.9 Å². The number of carbonyl (C=O) groups excluding carboxylic acids is 1. The van der Waals surface area contributed by atoms with Gasteiger partial charge in [-0.3, -0.25) is 0 Å². The van der Waals surface area contributed by atoms with Gasteiger partial charge in [-0.2, -0.15) is 0 Å². The molecule has 25 heavy (non-hydrogen) atoms. The molecule has 2 aromatic carbocycles. The number of hydrogen-bond donors (Lipinski definition) is 2. The molecule has 0 saturated carbocycles. The Bertz CT molecular complexity index is 807. The van der Waals surface area contributed by atoms with Crippen molar-refractivity contribution in [3.63, 3.8) is 0 Å². The van der Waals surface area contributed by atoms with Gasteiger partial charge in [-0.1, -0.05) is 54.6 Å². The van der Waals surface area contributed by atoms with Gasteiger partial charge in [0.2, 0.25) is 10.0 Å². The van der Waals surface area contributed by atoms with Gasteiger partial charge in [0, 0.05) is 20.1 Å². The zero-order valence-electron chi connectivity index (χ0n) is 14.4. The van der Waals surface area contributed by atoms with E-state index in [9.17, 15) is 13.2 Å². The fraction of sp³-hybridized carbons (Fsp3) is 0.278. The highest BCUT2D eigenvalue weighted by Crippen LogP contribution is 2.09.